The van der Waals surface area contributed by atoms with Crippen LogP contribution in [0, 0.1) is 6.92 Å². The van der Waals surface area contributed by atoms with E-state index in [9.17, 15) is 13.2 Å². The van der Waals surface area contributed by atoms with Gasteiger partial charge in [-0.15, -0.1) is 0 Å². The summed E-state index contributed by atoms with van der Waals surface area (Å²) in [5, 5.41) is 2.88. The molecule has 8 heteroatoms. The molecule has 0 unspecified atom stereocenters. The van der Waals surface area contributed by atoms with Crippen molar-refractivity contribution in [3.8, 4) is 5.75 Å². The van der Waals surface area contributed by atoms with Crippen molar-refractivity contribution in [1.82, 2.24) is 5.32 Å². The van der Waals surface area contributed by atoms with Gasteiger partial charge in [-0.2, -0.15) is 0 Å². The highest BCUT2D eigenvalue weighted by atomic mass is 79.9. The van der Waals surface area contributed by atoms with Crippen LogP contribution in [0.4, 0.5) is 5.69 Å². The van der Waals surface area contributed by atoms with Crippen molar-refractivity contribution in [1.29, 1.82) is 0 Å². The monoisotopic (exact) mass is 502 g/mol. The first-order valence-electron chi connectivity index (χ1n) is 9.61. The van der Waals surface area contributed by atoms with Crippen LogP contribution in [0.25, 0.3) is 0 Å². The van der Waals surface area contributed by atoms with E-state index < -0.39 is 10.0 Å². The lowest BCUT2D eigenvalue weighted by molar-refractivity contribution is -0.123. The number of ether oxygens (including phenoxy) is 1. The number of para-hydroxylation sites is 1. The molecule has 3 rings (SSSR count). The van der Waals surface area contributed by atoms with Gasteiger partial charge in [0.25, 0.3) is 15.9 Å². The highest BCUT2D eigenvalue weighted by molar-refractivity contribution is 9.10. The summed E-state index contributed by atoms with van der Waals surface area (Å²) in [5.41, 5.74) is 2.08. The van der Waals surface area contributed by atoms with Crippen molar-refractivity contribution in [3.63, 3.8) is 0 Å². The van der Waals surface area contributed by atoms with Crippen LogP contribution in [0.3, 0.4) is 0 Å². The van der Waals surface area contributed by atoms with E-state index in [1.807, 2.05) is 37.3 Å². The molecule has 0 aromatic heterocycles. The second kappa shape index (κ2) is 9.98. The number of sulfonamides is 1. The maximum atomic E-state index is 12.6. The lowest BCUT2D eigenvalue weighted by Gasteiger charge is -2.16. The molecule has 3 aromatic carbocycles. The number of halogens is 1. The molecule has 0 aliphatic rings. The van der Waals surface area contributed by atoms with E-state index >= 15 is 0 Å². The zero-order valence-electron chi connectivity index (χ0n) is 17.1. The highest BCUT2D eigenvalue weighted by Crippen LogP contribution is 2.24. The first-order valence-corrected chi connectivity index (χ1v) is 11.9. The van der Waals surface area contributed by atoms with Crippen LogP contribution in [-0.2, 0) is 14.8 Å². The summed E-state index contributed by atoms with van der Waals surface area (Å²) in [7, 11) is -3.72. The first kappa shape index (κ1) is 22.8. The molecule has 0 heterocycles. The molecule has 31 heavy (non-hydrogen) atoms. The van der Waals surface area contributed by atoms with Crippen molar-refractivity contribution in [2.24, 2.45) is 0 Å². The summed E-state index contributed by atoms with van der Waals surface area (Å²) in [6.45, 7) is 3.46. The Morgan fingerprint density at radius 1 is 1.03 bits per heavy atom. The molecular weight excluding hydrogens is 480 g/mol. The predicted molar refractivity (Wildman–Crippen MR) is 125 cm³/mol. The van der Waals surface area contributed by atoms with Gasteiger partial charge in [0, 0.05) is 10.2 Å². The largest absolute Gasteiger partial charge is 0.484 e. The fourth-order valence-corrected chi connectivity index (χ4v) is 4.34. The molecule has 0 spiro atoms. The van der Waals surface area contributed by atoms with Gasteiger partial charge in [0.05, 0.1) is 10.9 Å². The number of carbonyl (C=O) groups excluding carboxylic acids is 1. The van der Waals surface area contributed by atoms with Crippen molar-refractivity contribution < 1.29 is 17.9 Å². The second-order valence-electron chi connectivity index (χ2n) is 7.03. The molecule has 0 saturated carbocycles. The summed E-state index contributed by atoms with van der Waals surface area (Å²) in [5.74, 6) is 0.183. The van der Waals surface area contributed by atoms with Crippen molar-refractivity contribution >= 4 is 37.5 Å². The zero-order valence-corrected chi connectivity index (χ0v) is 19.5. The molecule has 0 fully saturated rings. The number of amides is 1. The fraction of sp³-hybridized carbons (Fsp3) is 0.174. The summed E-state index contributed by atoms with van der Waals surface area (Å²) in [6.07, 6.45) is 0. The van der Waals surface area contributed by atoms with Crippen LogP contribution >= 0.6 is 15.9 Å². The maximum Gasteiger partial charge on any atom is 0.261 e. The zero-order chi connectivity index (χ0) is 22.4. The maximum absolute atomic E-state index is 12.6. The van der Waals surface area contributed by atoms with Crippen molar-refractivity contribution in [2.45, 2.75) is 24.8 Å². The summed E-state index contributed by atoms with van der Waals surface area (Å²) in [4.78, 5) is 12.4. The Balaban J connectivity index is 1.60. The number of anilines is 1. The van der Waals surface area contributed by atoms with E-state index in [1.54, 1.807) is 37.3 Å². The third-order valence-corrected chi connectivity index (χ3v) is 6.50. The minimum Gasteiger partial charge on any atom is -0.484 e. The SMILES string of the molecule is Cc1cc(S(=O)(=O)Nc2ccccc2)ccc1OCC(=O)N[C@@H](C)c1ccc(Br)cc1. The van der Waals surface area contributed by atoms with Gasteiger partial charge in [0.2, 0.25) is 0 Å². The topological polar surface area (TPSA) is 84.5 Å². The van der Waals surface area contributed by atoms with Gasteiger partial charge < -0.3 is 10.1 Å². The van der Waals surface area contributed by atoms with Gasteiger partial charge >= 0.3 is 0 Å². The van der Waals surface area contributed by atoms with Crippen LogP contribution < -0.4 is 14.8 Å². The minimum atomic E-state index is -3.72. The Morgan fingerprint density at radius 3 is 2.35 bits per heavy atom. The average molecular weight is 503 g/mol. The summed E-state index contributed by atoms with van der Waals surface area (Å²) >= 11 is 3.39. The van der Waals surface area contributed by atoms with Gasteiger partial charge in [-0.25, -0.2) is 8.42 Å². The van der Waals surface area contributed by atoms with E-state index in [-0.39, 0.29) is 23.5 Å². The number of hydrogen-bond donors (Lipinski definition) is 2. The van der Waals surface area contributed by atoms with Gasteiger partial charge in [-0.05, 0) is 67.4 Å². The number of benzene rings is 3. The summed E-state index contributed by atoms with van der Waals surface area (Å²) < 4.78 is 34.3. The molecule has 0 aliphatic carbocycles. The van der Waals surface area contributed by atoms with Crippen molar-refractivity contribution in [3.05, 3.63) is 88.4 Å². The Hall–Kier alpha value is -2.84. The molecule has 1 atom stereocenters. The van der Waals surface area contributed by atoms with Gasteiger partial charge in [-0.1, -0.05) is 46.3 Å². The van der Waals surface area contributed by atoms with Gasteiger partial charge in [-0.3, -0.25) is 9.52 Å². The molecule has 3 aromatic rings. The Labute approximate surface area is 190 Å². The van der Waals surface area contributed by atoms with E-state index in [2.05, 4.69) is 26.0 Å². The number of rotatable bonds is 8. The molecule has 0 aliphatic heterocycles. The van der Waals surface area contributed by atoms with Gasteiger partial charge in [0.1, 0.15) is 5.75 Å². The molecular formula is C23H23BrN2O4S. The van der Waals surface area contributed by atoms with Crippen LogP contribution in [0.2, 0.25) is 0 Å². The highest BCUT2D eigenvalue weighted by Gasteiger charge is 2.16. The van der Waals surface area contributed by atoms with Gasteiger partial charge in [0.15, 0.2) is 6.61 Å². The number of hydrogen-bond acceptors (Lipinski definition) is 4. The number of nitrogens with one attached hydrogen (secondary N) is 2. The third kappa shape index (κ3) is 6.32. The van der Waals surface area contributed by atoms with Crippen molar-refractivity contribution in [2.75, 3.05) is 11.3 Å². The normalized spacial score (nSPS) is 12.1. The Morgan fingerprint density at radius 2 is 1.71 bits per heavy atom. The lowest BCUT2D eigenvalue weighted by atomic mass is 10.1. The smallest absolute Gasteiger partial charge is 0.261 e. The quantitative estimate of drug-likeness (QED) is 0.462. The molecule has 0 saturated heterocycles. The molecule has 6 nitrogen and oxygen atoms in total. The van der Waals surface area contributed by atoms with Crippen LogP contribution in [0.5, 0.6) is 5.75 Å². The molecule has 2 N–H and O–H groups in total. The molecule has 0 bridgehead atoms. The summed E-state index contributed by atoms with van der Waals surface area (Å²) in [6, 6.07) is 20.7. The average Bonchev–Trinajstić information content (AvgIpc) is 2.73. The minimum absolute atomic E-state index is 0.120. The molecule has 162 valence electrons. The Bertz CT molecular complexity index is 1150. The van der Waals surface area contributed by atoms with Crippen LogP contribution in [-0.4, -0.2) is 20.9 Å². The second-order valence-corrected chi connectivity index (χ2v) is 9.63. The van der Waals surface area contributed by atoms with Crippen LogP contribution in [0.1, 0.15) is 24.1 Å². The third-order valence-electron chi connectivity index (χ3n) is 4.59. The van der Waals surface area contributed by atoms with E-state index in [4.69, 9.17) is 4.74 Å². The predicted octanol–water partition coefficient (Wildman–Crippen LogP) is 4.81. The van der Waals surface area contributed by atoms with E-state index in [0.717, 1.165) is 10.0 Å². The van der Waals surface area contributed by atoms with E-state index in [0.29, 0.717) is 17.0 Å². The molecule has 0 radical (unpaired) electrons. The number of aryl methyl sites for hydroxylation is 1. The molecule has 1 amide bonds. The lowest BCUT2D eigenvalue weighted by Crippen LogP contribution is -2.31. The first-order chi connectivity index (χ1) is 14.7. The van der Waals surface area contributed by atoms with Crippen LogP contribution in [0.15, 0.2) is 82.2 Å². The van der Waals surface area contributed by atoms with E-state index in [1.165, 1.54) is 12.1 Å². The number of carbonyl (C=O) groups is 1. The standard InChI is InChI=1S/C23H23BrN2O4S/c1-16-14-21(31(28,29)26-20-6-4-3-5-7-20)12-13-22(16)30-15-23(27)25-17(2)18-8-10-19(24)11-9-18/h3-14,17,26H,15H2,1-2H3,(H,25,27)/t17-/m0/s1. The fourth-order valence-electron chi connectivity index (χ4n) is 2.93. The Kier molecular flexibility index (Phi) is 7.35.